The van der Waals surface area contributed by atoms with Gasteiger partial charge in [0.05, 0.1) is 10.9 Å². The van der Waals surface area contributed by atoms with Gasteiger partial charge in [-0.25, -0.2) is 0 Å². The summed E-state index contributed by atoms with van der Waals surface area (Å²) in [7, 11) is 0. The maximum Gasteiger partial charge on any atom is 0.235 e. The molecule has 0 radical (unpaired) electrons. The Morgan fingerprint density at radius 2 is 2.12 bits per heavy atom. The van der Waals surface area contributed by atoms with Crippen molar-refractivity contribution in [2.45, 2.75) is 37.1 Å². The highest BCUT2D eigenvalue weighted by atomic mass is 35.5. The van der Waals surface area contributed by atoms with Gasteiger partial charge in [0.15, 0.2) is 5.16 Å². The molecule has 0 saturated carbocycles. The Morgan fingerprint density at radius 3 is 2.83 bits per heavy atom. The van der Waals surface area contributed by atoms with E-state index in [0.29, 0.717) is 16.1 Å². The Morgan fingerprint density at radius 1 is 1.38 bits per heavy atom. The number of nitrogens with zero attached hydrogens (tertiary/aromatic N) is 4. The monoisotopic (exact) mass is 364 g/mol. The van der Waals surface area contributed by atoms with Crippen LogP contribution in [0.4, 0.5) is 0 Å². The molecule has 0 bridgehead atoms. The first-order valence-electron chi connectivity index (χ1n) is 8.16. The van der Waals surface area contributed by atoms with E-state index in [2.05, 4.69) is 17.1 Å². The number of hydrogen-bond acceptors (Lipinski definition) is 4. The summed E-state index contributed by atoms with van der Waals surface area (Å²) in [4.78, 5) is 14.6. The van der Waals surface area contributed by atoms with E-state index in [1.165, 1.54) is 11.8 Å². The molecule has 1 fully saturated rings. The largest absolute Gasteiger partial charge is 0.342 e. The van der Waals surface area contributed by atoms with Gasteiger partial charge in [-0.1, -0.05) is 36.4 Å². The van der Waals surface area contributed by atoms with Crippen LogP contribution in [0.25, 0.3) is 5.69 Å². The van der Waals surface area contributed by atoms with Crippen molar-refractivity contribution in [3.05, 3.63) is 35.6 Å². The Hall–Kier alpha value is -1.53. The Balaban J connectivity index is 1.70. The van der Waals surface area contributed by atoms with Crippen LogP contribution in [0.1, 0.15) is 26.7 Å². The van der Waals surface area contributed by atoms with Gasteiger partial charge in [-0.05, 0) is 43.9 Å². The van der Waals surface area contributed by atoms with Crippen molar-refractivity contribution < 1.29 is 4.79 Å². The van der Waals surface area contributed by atoms with Gasteiger partial charge >= 0.3 is 0 Å². The lowest BCUT2D eigenvalue weighted by Gasteiger charge is -2.31. The lowest BCUT2D eigenvalue weighted by Crippen LogP contribution is -2.41. The number of carbonyl (C=O) groups is 1. The zero-order chi connectivity index (χ0) is 17.1. The minimum absolute atomic E-state index is 0.174. The molecule has 1 aromatic carbocycles. The highest BCUT2D eigenvalue weighted by Crippen LogP contribution is 2.27. The lowest BCUT2D eigenvalue weighted by molar-refractivity contribution is -0.131. The molecule has 1 aliphatic rings. The standard InChI is InChI=1S/C17H21ClN4OS/c1-12-6-8-21(9-7-12)16(23)13(2)24-17-20-19-11-22(17)15-5-3-4-14(18)10-15/h3-5,10-13H,6-9H2,1-2H3/t13-/m0/s1. The molecule has 0 spiro atoms. The van der Waals surface area contributed by atoms with E-state index in [-0.39, 0.29) is 11.2 Å². The predicted molar refractivity (Wildman–Crippen MR) is 96.7 cm³/mol. The van der Waals surface area contributed by atoms with Gasteiger partial charge < -0.3 is 4.90 Å². The number of piperidine rings is 1. The molecule has 0 aliphatic carbocycles. The molecule has 128 valence electrons. The number of rotatable bonds is 4. The third-order valence-corrected chi connectivity index (χ3v) is 5.61. The maximum absolute atomic E-state index is 12.7. The van der Waals surface area contributed by atoms with Crippen molar-refractivity contribution >= 4 is 29.3 Å². The lowest BCUT2D eigenvalue weighted by atomic mass is 9.99. The second kappa shape index (κ2) is 7.57. The first-order chi connectivity index (χ1) is 11.5. The number of amides is 1. The van der Waals surface area contributed by atoms with Crippen molar-refractivity contribution in [3.8, 4) is 5.69 Å². The van der Waals surface area contributed by atoms with Crippen LogP contribution in [0, 0.1) is 5.92 Å². The van der Waals surface area contributed by atoms with E-state index in [4.69, 9.17) is 11.6 Å². The molecule has 7 heteroatoms. The van der Waals surface area contributed by atoms with Gasteiger partial charge in [0.1, 0.15) is 6.33 Å². The topological polar surface area (TPSA) is 51.0 Å². The summed E-state index contributed by atoms with van der Waals surface area (Å²) in [6, 6.07) is 7.51. The van der Waals surface area contributed by atoms with E-state index >= 15 is 0 Å². The van der Waals surface area contributed by atoms with Gasteiger partial charge in [0.25, 0.3) is 0 Å². The summed E-state index contributed by atoms with van der Waals surface area (Å²) in [5.41, 5.74) is 0.890. The van der Waals surface area contributed by atoms with E-state index in [1.807, 2.05) is 40.7 Å². The normalized spacial score (nSPS) is 17.0. The number of hydrogen-bond donors (Lipinski definition) is 0. The van der Waals surface area contributed by atoms with Gasteiger partial charge in [-0.2, -0.15) is 0 Å². The summed E-state index contributed by atoms with van der Waals surface area (Å²) in [6.07, 6.45) is 3.82. The van der Waals surface area contributed by atoms with Crippen LogP contribution in [0.3, 0.4) is 0 Å². The fourth-order valence-corrected chi connectivity index (χ4v) is 3.91. The number of carbonyl (C=O) groups excluding carboxylic acids is 1. The number of thioether (sulfide) groups is 1. The minimum Gasteiger partial charge on any atom is -0.342 e. The van der Waals surface area contributed by atoms with E-state index in [9.17, 15) is 4.79 Å². The van der Waals surface area contributed by atoms with Crippen LogP contribution in [0.15, 0.2) is 35.7 Å². The first-order valence-corrected chi connectivity index (χ1v) is 9.42. The van der Waals surface area contributed by atoms with Crippen LogP contribution < -0.4 is 0 Å². The van der Waals surface area contributed by atoms with Crippen molar-refractivity contribution in [2.75, 3.05) is 13.1 Å². The fourth-order valence-electron chi connectivity index (χ4n) is 2.80. The van der Waals surface area contributed by atoms with Crippen molar-refractivity contribution in [2.24, 2.45) is 5.92 Å². The van der Waals surface area contributed by atoms with Crippen molar-refractivity contribution in [3.63, 3.8) is 0 Å². The highest BCUT2D eigenvalue weighted by Gasteiger charge is 2.26. The molecule has 0 unspecified atom stereocenters. The van der Waals surface area contributed by atoms with E-state index in [0.717, 1.165) is 31.6 Å². The fraction of sp³-hybridized carbons (Fsp3) is 0.471. The average Bonchev–Trinajstić information content (AvgIpc) is 3.03. The second-order valence-corrected chi connectivity index (χ2v) is 7.98. The SMILES string of the molecule is CC1CCN(C(=O)[C@H](C)Sc2nncn2-c2cccc(Cl)c2)CC1. The number of halogens is 1. The Kier molecular flexibility index (Phi) is 5.46. The van der Waals surface area contributed by atoms with Crippen LogP contribution >= 0.6 is 23.4 Å². The minimum atomic E-state index is -0.194. The van der Waals surface area contributed by atoms with Gasteiger partial charge in [-0.3, -0.25) is 9.36 Å². The molecule has 2 heterocycles. The van der Waals surface area contributed by atoms with E-state index < -0.39 is 0 Å². The smallest absolute Gasteiger partial charge is 0.235 e. The Bertz CT molecular complexity index is 712. The number of likely N-dealkylation sites (tertiary alicyclic amines) is 1. The molecule has 1 saturated heterocycles. The third-order valence-electron chi connectivity index (χ3n) is 4.33. The van der Waals surface area contributed by atoms with Crippen LogP contribution in [-0.4, -0.2) is 43.9 Å². The van der Waals surface area contributed by atoms with E-state index in [1.54, 1.807) is 6.33 Å². The third kappa shape index (κ3) is 3.92. The summed E-state index contributed by atoms with van der Waals surface area (Å²) in [6.45, 7) is 5.88. The molecule has 24 heavy (non-hydrogen) atoms. The molecule has 5 nitrogen and oxygen atoms in total. The number of benzene rings is 1. The molecule has 1 amide bonds. The van der Waals surface area contributed by atoms with Gasteiger partial charge in [0, 0.05) is 18.1 Å². The molecule has 1 atom stereocenters. The van der Waals surface area contributed by atoms with Crippen LogP contribution in [0.5, 0.6) is 0 Å². The first kappa shape index (κ1) is 17.3. The molecule has 0 N–H and O–H groups in total. The zero-order valence-corrected chi connectivity index (χ0v) is 15.4. The predicted octanol–water partition coefficient (Wildman–Crippen LogP) is 3.66. The molecule has 2 aromatic rings. The number of aromatic nitrogens is 3. The molecular formula is C17H21ClN4OS. The van der Waals surface area contributed by atoms with Gasteiger partial charge in [-0.15, -0.1) is 10.2 Å². The molecule has 1 aromatic heterocycles. The molecular weight excluding hydrogens is 344 g/mol. The van der Waals surface area contributed by atoms with Crippen LogP contribution in [-0.2, 0) is 4.79 Å². The second-order valence-electron chi connectivity index (χ2n) is 6.23. The van der Waals surface area contributed by atoms with Crippen molar-refractivity contribution in [1.29, 1.82) is 0 Å². The quantitative estimate of drug-likeness (QED) is 0.777. The molecule has 3 rings (SSSR count). The average molecular weight is 365 g/mol. The summed E-state index contributed by atoms with van der Waals surface area (Å²) >= 11 is 7.50. The summed E-state index contributed by atoms with van der Waals surface area (Å²) in [5, 5.41) is 9.31. The molecule has 1 aliphatic heterocycles. The maximum atomic E-state index is 12.7. The summed E-state index contributed by atoms with van der Waals surface area (Å²) < 4.78 is 1.86. The van der Waals surface area contributed by atoms with Gasteiger partial charge in [0.2, 0.25) is 5.91 Å². The highest BCUT2D eigenvalue weighted by molar-refractivity contribution is 8.00. The van der Waals surface area contributed by atoms with Crippen molar-refractivity contribution in [1.82, 2.24) is 19.7 Å². The zero-order valence-electron chi connectivity index (χ0n) is 13.9. The summed E-state index contributed by atoms with van der Waals surface area (Å²) in [5.74, 6) is 0.885. The Labute approximate surface area is 151 Å². The van der Waals surface area contributed by atoms with Crippen LogP contribution in [0.2, 0.25) is 5.02 Å².